The minimum Gasteiger partial charge on any atom is -0.316 e. The third-order valence-corrected chi connectivity index (χ3v) is 4.25. The molecule has 1 aliphatic rings. The molecule has 0 spiro atoms. The van der Waals surface area contributed by atoms with E-state index >= 15 is 0 Å². The van der Waals surface area contributed by atoms with Crippen molar-refractivity contribution in [3.8, 4) is 11.5 Å². The fourth-order valence-electron chi connectivity index (χ4n) is 2.54. The third-order valence-electron chi connectivity index (χ3n) is 3.63. The molecule has 0 fully saturated rings. The standard InChI is InChI=1S/C15H13FN6S/c1-9-13(21-23-20-9)15-18-14-11(16)5-2-6-12(14)22(15)8-10-4-3-7-17-19-10/h2-7,17,19H,8H2,1H3. The summed E-state index contributed by atoms with van der Waals surface area (Å²) in [6.07, 6.45) is 5.66. The average molecular weight is 328 g/mol. The first-order valence-corrected chi connectivity index (χ1v) is 7.78. The molecule has 0 saturated heterocycles. The van der Waals surface area contributed by atoms with Crippen LogP contribution in [0.25, 0.3) is 22.6 Å². The number of nitrogens with zero attached hydrogens (tertiary/aromatic N) is 4. The van der Waals surface area contributed by atoms with Gasteiger partial charge in [0.25, 0.3) is 0 Å². The number of hydrogen-bond acceptors (Lipinski definition) is 6. The maximum absolute atomic E-state index is 14.1. The van der Waals surface area contributed by atoms with E-state index in [2.05, 4.69) is 24.6 Å². The number of aryl methyl sites for hydroxylation is 1. The van der Waals surface area contributed by atoms with Crippen LogP contribution in [0.5, 0.6) is 0 Å². The van der Waals surface area contributed by atoms with Crippen molar-refractivity contribution in [2.24, 2.45) is 0 Å². The second-order valence-corrected chi connectivity index (χ2v) is 5.68. The summed E-state index contributed by atoms with van der Waals surface area (Å²) in [5, 5.41) is 0. The zero-order valence-corrected chi connectivity index (χ0v) is 13.1. The number of rotatable bonds is 3. The Kier molecular flexibility index (Phi) is 3.30. The summed E-state index contributed by atoms with van der Waals surface area (Å²) in [7, 11) is 0. The van der Waals surface area contributed by atoms with Crippen molar-refractivity contribution in [2.75, 3.05) is 0 Å². The lowest BCUT2D eigenvalue weighted by atomic mass is 10.3. The predicted octanol–water partition coefficient (Wildman–Crippen LogP) is 2.51. The molecule has 1 aliphatic heterocycles. The SMILES string of the molecule is Cc1nsnc1-c1nc2c(F)cccc2n1CC1=CC=CNN1. The molecule has 3 aromatic rings. The molecule has 0 amide bonds. The number of hydrogen-bond donors (Lipinski definition) is 2. The zero-order valence-electron chi connectivity index (χ0n) is 12.2. The van der Waals surface area contributed by atoms with Gasteiger partial charge in [0, 0.05) is 6.20 Å². The first-order valence-electron chi connectivity index (χ1n) is 7.05. The minimum absolute atomic E-state index is 0.341. The first-order chi connectivity index (χ1) is 11.2. The number of fused-ring (bicyclic) bond motifs is 1. The molecule has 0 radical (unpaired) electrons. The van der Waals surface area contributed by atoms with Gasteiger partial charge in [0.2, 0.25) is 0 Å². The van der Waals surface area contributed by atoms with Gasteiger partial charge in [0.1, 0.15) is 11.2 Å². The van der Waals surface area contributed by atoms with E-state index in [4.69, 9.17) is 0 Å². The summed E-state index contributed by atoms with van der Waals surface area (Å²) in [5.41, 5.74) is 9.50. The lowest BCUT2D eigenvalue weighted by Gasteiger charge is -2.16. The molecule has 6 nitrogen and oxygen atoms in total. The number of aromatic nitrogens is 4. The van der Waals surface area contributed by atoms with E-state index in [1.165, 1.54) is 6.07 Å². The normalized spacial score (nSPS) is 13.7. The fraction of sp³-hybridized carbons (Fsp3) is 0.133. The molecule has 8 heteroatoms. The van der Waals surface area contributed by atoms with Gasteiger partial charge in [0.05, 0.1) is 35.2 Å². The van der Waals surface area contributed by atoms with Gasteiger partial charge >= 0.3 is 0 Å². The molecule has 1 aromatic carbocycles. The van der Waals surface area contributed by atoms with Gasteiger partial charge in [0.15, 0.2) is 11.6 Å². The summed E-state index contributed by atoms with van der Waals surface area (Å²) >= 11 is 1.13. The Morgan fingerprint density at radius 2 is 2.22 bits per heavy atom. The number of hydrazine groups is 1. The summed E-state index contributed by atoms with van der Waals surface area (Å²) in [6.45, 7) is 2.39. The van der Waals surface area contributed by atoms with Crippen LogP contribution in [0.4, 0.5) is 4.39 Å². The van der Waals surface area contributed by atoms with Crippen LogP contribution in [-0.4, -0.2) is 18.3 Å². The highest BCUT2D eigenvalue weighted by atomic mass is 32.1. The lowest BCUT2D eigenvalue weighted by Crippen LogP contribution is -2.30. The molecule has 2 aromatic heterocycles. The molecule has 116 valence electrons. The van der Waals surface area contributed by atoms with Crippen LogP contribution in [-0.2, 0) is 6.54 Å². The molecule has 0 aliphatic carbocycles. The van der Waals surface area contributed by atoms with Gasteiger partial charge < -0.3 is 15.4 Å². The molecule has 0 saturated carbocycles. The Hall–Kier alpha value is -2.74. The highest BCUT2D eigenvalue weighted by Crippen LogP contribution is 2.28. The first kappa shape index (κ1) is 13.9. The number of para-hydroxylation sites is 1. The predicted molar refractivity (Wildman–Crippen MR) is 86.8 cm³/mol. The summed E-state index contributed by atoms with van der Waals surface area (Å²) in [5.74, 6) is 0.278. The van der Waals surface area contributed by atoms with E-state index in [0.717, 1.165) is 28.6 Å². The smallest absolute Gasteiger partial charge is 0.163 e. The van der Waals surface area contributed by atoms with Gasteiger partial charge in [-0.25, -0.2) is 9.37 Å². The van der Waals surface area contributed by atoms with Gasteiger partial charge in [-0.1, -0.05) is 6.07 Å². The zero-order chi connectivity index (χ0) is 15.8. The Balaban J connectivity index is 1.92. The largest absolute Gasteiger partial charge is 0.316 e. The fourth-order valence-corrected chi connectivity index (χ4v) is 3.08. The molecular weight excluding hydrogens is 315 g/mol. The number of imidazole rings is 1. The van der Waals surface area contributed by atoms with Crippen LogP contribution < -0.4 is 10.9 Å². The quantitative estimate of drug-likeness (QED) is 0.773. The van der Waals surface area contributed by atoms with Crippen molar-refractivity contribution >= 4 is 22.8 Å². The van der Waals surface area contributed by atoms with Gasteiger partial charge in [-0.3, -0.25) is 0 Å². The Labute approximate surface area is 135 Å². The maximum Gasteiger partial charge on any atom is 0.163 e. The van der Waals surface area contributed by atoms with Crippen molar-refractivity contribution in [2.45, 2.75) is 13.5 Å². The van der Waals surface area contributed by atoms with E-state index in [1.54, 1.807) is 12.3 Å². The van der Waals surface area contributed by atoms with Gasteiger partial charge in [-0.15, -0.1) is 0 Å². The van der Waals surface area contributed by atoms with Crippen LogP contribution in [0.2, 0.25) is 0 Å². The van der Waals surface area contributed by atoms with E-state index in [9.17, 15) is 4.39 Å². The van der Waals surface area contributed by atoms with Crippen LogP contribution in [0, 0.1) is 12.7 Å². The second-order valence-electron chi connectivity index (χ2n) is 5.15. The van der Waals surface area contributed by atoms with Crippen LogP contribution in [0.15, 0.2) is 42.2 Å². The maximum atomic E-state index is 14.1. The van der Waals surface area contributed by atoms with Gasteiger partial charge in [-0.2, -0.15) is 8.75 Å². The van der Waals surface area contributed by atoms with E-state index in [-0.39, 0.29) is 5.82 Å². The van der Waals surface area contributed by atoms with E-state index in [1.807, 2.05) is 29.7 Å². The Morgan fingerprint density at radius 1 is 1.30 bits per heavy atom. The average Bonchev–Trinajstić information content (AvgIpc) is 3.13. The van der Waals surface area contributed by atoms with Crippen LogP contribution >= 0.6 is 11.7 Å². The summed E-state index contributed by atoms with van der Waals surface area (Å²) in [6, 6.07) is 4.96. The van der Waals surface area contributed by atoms with Crippen molar-refractivity contribution in [3.63, 3.8) is 0 Å². The van der Waals surface area contributed by atoms with Gasteiger partial charge in [-0.05, 0) is 31.2 Å². The Morgan fingerprint density at radius 3 is 2.96 bits per heavy atom. The molecule has 4 rings (SSSR count). The number of allylic oxidation sites excluding steroid dienone is 3. The molecule has 0 atom stereocenters. The van der Waals surface area contributed by atoms with E-state index < -0.39 is 0 Å². The summed E-state index contributed by atoms with van der Waals surface area (Å²) < 4.78 is 24.6. The highest BCUT2D eigenvalue weighted by Gasteiger charge is 2.20. The van der Waals surface area contributed by atoms with Crippen molar-refractivity contribution in [1.82, 2.24) is 29.1 Å². The van der Waals surface area contributed by atoms with Crippen LogP contribution in [0.3, 0.4) is 0 Å². The molecule has 0 bridgehead atoms. The molecule has 3 heterocycles. The molecular formula is C15H13FN6S. The summed E-state index contributed by atoms with van der Waals surface area (Å²) in [4.78, 5) is 4.48. The van der Waals surface area contributed by atoms with Crippen molar-refractivity contribution in [1.29, 1.82) is 0 Å². The van der Waals surface area contributed by atoms with Crippen molar-refractivity contribution in [3.05, 3.63) is 53.8 Å². The number of nitrogens with one attached hydrogen (secondary N) is 2. The third kappa shape index (κ3) is 2.36. The van der Waals surface area contributed by atoms with Crippen LogP contribution in [0.1, 0.15) is 5.69 Å². The highest BCUT2D eigenvalue weighted by molar-refractivity contribution is 6.99. The minimum atomic E-state index is -0.341. The van der Waals surface area contributed by atoms with Crippen molar-refractivity contribution < 1.29 is 4.39 Å². The monoisotopic (exact) mass is 328 g/mol. The molecule has 0 unspecified atom stereocenters. The topological polar surface area (TPSA) is 67.7 Å². The number of benzene rings is 1. The molecule has 23 heavy (non-hydrogen) atoms. The molecule has 2 N–H and O–H groups in total. The lowest BCUT2D eigenvalue weighted by molar-refractivity contribution is 0.636. The second kappa shape index (κ2) is 5.47. The number of halogens is 1. The Bertz CT molecular complexity index is 939. The van der Waals surface area contributed by atoms with E-state index in [0.29, 0.717) is 23.6 Å².